The quantitative estimate of drug-likeness (QED) is 0.576. The second-order valence-corrected chi connectivity index (χ2v) is 8.36. The van der Waals surface area contributed by atoms with E-state index in [4.69, 9.17) is 14.2 Å². The number of hydrogen-bond donors (Lipinski definition) is 0. The second kappa shape index (κ2) is 9.52. The van der Waals surface area contributed by atoms with Crippen molar-refractivity contribution < 1.29 is 19.0 Å². The Bertz CT molecular complexity index is 988. The van der Waals surface area contributed by atoms with Gasteiger partial charge in [0.15, 0.2) is 5.78 Å². The van der Waals surface area contributed by atoms with E-state index in [-0.39, 0.29) is 5.78 Å². The number of Topliss-reactive ketones (excluding diaryl/α,β-unsaturated/α-hetero) is 1. The highest BCUT2D eigenvalue weighted by Crippen LogP contribution is 2.40. The molecule has 0 atom stereocenters. The second-order valence-electron chi connectivity index (χ2n) is 8.36. The van der Waals surface area contributed by atoms with Crippen LogP contribution in [0.25, 0.3) is 5.57 Å². The van der Waals surface area contributed by atoms with Crippen LogP contribution in [0.5, 0.6) is 5.75 Å². The first-order valence-corrected chi connectivity index (χ1v) is 11.0. The van der Waals surface area contributed by atoms with Gasteiger partial charge in [-0.15, -0.1) is 0 Å². The number of rotatable bonds is 6. The Labute approximate surface area is 184 Å². The SMILES string of the molecule is COC1=C(c2c(C)cc(OCc3ccccc3)cc2C)C(=O)C(=CC2CCOCC2)C1. The maximum absolute atomic E-state index is 13.4. The molecule has 4 heteroatoms. The third-order valence-corrected chi connectivity index (χ3v) is 6.10. The van der Waals surface area contributed by atoms with Gasteiger partial charge in [0, 0.05) is 25.2 Å². The summed E-state index contributed by atoms with van der Waals surface area (Å²) < 4.78 is 17.1. The average Bonchev–Trinajstić information content (AvgIpc) is 3.08. The largest absolute Gasteiger partial charge is 0.500 e. The number of benzene rings is 2. The first-order chi connectivity index (χ1) is 15.1. The zero-order chi connectivity index (χ0) is 21.8. The lowest BCUT2D eigenvalue weighted by Gasteiger charge is -2.19. The van der Waals surface area contributed by atoms with Gasteiger partial charge in [-0.3, -0.25) is 4.79 Å². The zero-order valence-corrected chi connectivity index (χ0v) is 18.6. The molecule has 1 heterocycles. The van der Waals surface area contributed by atoms with Crippen LogP contribution in [0.15, 0.2) is 59.9 Å². The van der Waals surface area contributed by atoms with Crippen LogP contribution in [0.3, 0.4) is 0 Å². The lowest BCUT2D eigenvalue weighted by molar-refractivity contribution is -0.110. The maximum Gasteiger partial charge on any atom is 0.193 e. The number of allylic oxidation sites excluding steroid dienone is 3. The van der Waals surface area contributed by atoms with Crippen molar-refractivity contribution in [1.82, 2.24) is 0 Å². The summed E-state index contributed by atoms with van der Waals surface area (Å²) in [5, 5.41) is 0. The van der Waals surface area contributed by atoms with Gasteiger partial charge < -0.3 is 14.2 Å². The minimum atomic E-state index is 0.0903. The fourth-order valence-corrected chi connectivity index (χ4v) is 4.50. The molecule has 0 aromatic heterocycles. The molecule has 1 aliphatic heterocycles. The molecule has 31 heavy (non-hydrogen) atoms. The molecule has 4 nitrogen and oxygen atoms in total. The number of carbonyl (C=O) groups excluding carboxylic acids is 1. The molecule has 0 spiro atoms. The molecule has 1 aliphatic carbocycles. The number of ketones is 1. The van der Waals surface area contributed by atoms with E-state index in [1.165, 1.54) is 0 Å². The average molecular weight is 419 g/mol. The highest BCUT2D eigenvalue weighted by molar-refractivity contribution is 6.32. The summed E-state index contributed by atoms with van der Waals surface area (Å²) in [6.45, 7) is 6.12. The predicted molar refractivity (Wildman–Crippen MR) is 122 cm³/mol. The summed E-state index contributed by atoms with van der Waals surface area (Å²) in [6, 6.07) is 14.1. The number of carbonyl (C=O) groups is 1. The Balaban J connectivity index is 1.58. The molecule has 0 radical (unpaired) electrons. The zero-order valence-electron chi connectivity index (χ0n) is 18.6. The first-order valence-electron chi connectivity index (χ1n) is 11.0. The third-order valence-electron chi connectivity index (χ3n) is 6.10. The van der Waals surface area contributed by atoms with Crippen LogP contribution in [0.2, 0.25) is 0 Å². The Hall–Kier alpha value is -2.85. The molecule has 162 valence electrons. The minimum absolute atomic E-state index is 0.0903. The summed E-state index contributed by atoms with van der Waals surface area (Å²) in [6.07, 6.45) is 4.66. The van der Waals surface area contributed by atoms with E-state index < -0.39 is 0 Å². The molecule has 0 saturated carbocycles. The van der Waals surface area contributed by atoms with Crippen LogP contribution in [0.4, 0.5) is 0 Å². The molecule has 0 N–H and O–H groups in total. The Morgan fingerprint density at radius 3 is 2.39 bits per heavy atom. The molecular weight excluding hydrogens is 388 g/mol. The van der Waals surface area contributed by atoms with E-state index in [0.29, 0.717) is 24.5 Å². The Morgan fingerprint density at radius 2 is 1.74 bits per heavy atom. The normalized spacial score (nSPS) is 18.7. The molecule has 4 rings (SSSR count). The van der Waals surface area contributed by atoms with Crippen LogP contribution in [0, 0.1) is 19.8 Å². The molecular formula is C27H30O4. The van der Waals surface area contributed by atoms with Crippen LogP contribution >= 0.6 is 0 Å². The molecule has 1 saturated heterocycles. The van der Waals surface area contributed by atoms with Gasteiger partial charge in [-0.2, -0.15) is 0 Å². The molecule has 0 bridgehead atoms. The summed E-state index contributed by atoms with van der Waals surface area (Å²) in [5.74, 6) is 2.06. The van der Waals surface area contributed by atoms with Gasteiger partial charge in [0.2, 0.25) is 0 Å². The van der Waals surface area contributed by atoms with E-state index in [0.717, 1.165) is 65.4 Å². The van der Waals surface area contributed by atoms with E-state index in [1.54, 1.807) is 7.11 Å². The van der Waals surface area contributed by atoms with Gasteiger partial charge in [-0.05, 0) is 67.0 Å². The van der Waals surface area contributed by atoms with Crippen LogP contribution in [-0.2, 0) is 20.9 Å². The van der Waals surface area contributed by atoms with Gasteiger partial charge in [0.25, 0.3) is 0 Å². The van der Waals surface area contributed by atoms with Crippen molar-refractivity contribution in [3.05, 3.63) is 82.1 Å². The molecule has 2 aromatic carbocycles. The first kappa shape index (κ1) is 21.4. The summed E-state index contributed by atoms with van der Waals surface area (Å²) in [5.41, 5.74) is 5.68. The number of aryl methyl sites for hydroxylation is 2. The summed E-state index contributed by atoms with van der Waals surface area (Å²) in [7, 11) is 1.65. The summed E-state index contributed by atoms with van der Waals surface area (Å²) in [4.78, 5) is 13.4. The van der Waals surface area contributed by atoms with Crippen molar-refractivity contribution in [1.29, 1.82) is 0 Å². The molecule has 0 amide bonds. The summed E-state index contributed by atoms with van der Waals surface area (Å²) >= 11 is 0. The van der Waals surface area contributed by atoms with Crippen molar-refractivity contribution in [2.45, 2.75) is 39.7 Å². The topological polar surface area (TPSA) is 44.8 Å². The van der Waals surface area contributed by atoms with Gasteiger partial charge in [0.1, 0.15) is 18.1 Å². The predicted octanol–water partition coefficient (Wildman–Crippen LogP) is 5.57. The fourth-order valence-electron chi connectivity index (χ4n) is 4.50. The molecule has 2 aliphatic rings. The van der Waals surface area contributed by atoms with Crippen molar-refractivity contribution in [3.63, 3.8) is 0 Å². The lowest BCUT2D eigenvalue weighted by atomic mass is 9.91. The van der Waals surface area contributed by atoms with Crippen LogP contribution in [-0.4, -0.2) is 26.1 Å². The molecule has 1 fully saturated rings. The maximum atomic E-state index is 13.4. The third kappa shape index (κ3) is 4.75. The van der Waals surface area contributed by atoms with Crippen LogP contribution in [0.1, 0.15) is 41.5 Å². The van der Waals surface area contributed by atoms with Gasteiger partial charge in [0.05, 0.1) is 12.7 Å². The van der Waals surface area contributed by atoms with Crippen molar-refractivity contribution in [3.8, 4) is 5.75 Å². The van der Waals surface area contributed by atoms with Gasteiger partial charge >= 0.3 is 0 Å². The molecule has 2 aromatic rings. The smallest absolute Gasteiger partial charge is 0.193 e. The highest BCUT2D eigenvalue weighted by Gasteiger charge is 2.32. The molecule has 0 unspecified atom stereocenters. The highest BCUT2D eigenvalue weighted by atomic mass is 16.5. The number of methoxy groups -OCH3 is 1. The van der Waals surface area contributed by atoms with Crippen LogP contribution < -0.4 is 4.74 Å². The standard InChI is InChI=1S/C27H30O4/c1-18-13-23(31-17-21-7-5-4-6-8-21)14-19(2)25(18)26-24(29-3)16-22(27(26)28)15-20-9-11-30-12-10-20/h4-8,13-15,20H,9-12,16-17H2,1-3H3. The van der Waals surface area contributed by atoms with E-state index in [1.807, 2.05) is 56.3 Å². The van der Waals surface area contributed by atoms with Crippen molar-refractivity contribution in [2.24, 2.45) is 5.92 Å². The monoisotopic (exact) mass is 418 g/mol. The lowest BCUT2D eigenvalue weighted by Crippen LogP contribution is -2.15. The number of hydrogen-bond acceptors (Lipinski definition) is 4. The minimum Gasteiger partial charge on any atom is -0.500 e. The van der Waals surface area contributed by atoms with E-state index in [2.05, 4.69) is 6.08 Å². The number of ether oxygens (including phenoxy) is 3. The van der Waals surface area contributed by atoms with E-state index in [9.17, 15) is 4.79 Å². The van der Waals surface area contributed by atoms with Crippen molar-refractivity contribution >= 4 is 11.4 Å². The fraction of sp³-hybridized carbons (Fsp3) is 0.370. The van der Waals surface area contributed by atoms with Crippen molar-refractivity contribution in [2.75, 3.05) is 20.3 Å². The van der Waals surface area contributed by atoms with Gasteiger partial charge in [-0.1, -0.05) is 36.4 Å². The Morgan fingerprint density at radius 1 is 1.06 bits per heavy atom. The Kier molecular flexibility index (Phi) is 6.57. The van der Waals surface area contributed by atoms with Gasteiger partial charge in [-0.25, -0.2) is 0 Å². The van der Waals surface area contributed by atoms with E-state index >= 15 is 0 Å².